The maximum atomic E-state index is 13.2. The van der Waals surface area contributed by atoms with Crippen LogP contribution in [0.4, 0.5) is 11.4 Å². The number of sulfonamides is 2. The molecule has 2 aromatic carbocycles. The van der Waals surface area contributed by atoms with Gasteiger partial charge in [0, 0.05) is 19.8 Å². The van der Waals surface area contributed by atoms with E-state index in [1.807, 2.05) is 25.1 Å². The number of thiophene rings is 1. The molecule has 180 valence electrons. The normalized spacial score (nSPS) is 13.7. The van der Waals surface area contributed by atoms with Crippen molar-refractivity contribution in [2.45, 2.75) is 21.9 Å². The Morgan fingerprint density at radius 1 is 0.882 bits per heavy atom. The van der Waals surface area contributed by atoms with Gasteiger partial charge in [0.2, 0.25) is 0 Å². The number of rotatable bonds is 7. The Bertz CT molecular complexity index is 1480. The topological polar surface area (TPSA) is 95.6 Å². The number of nitrogens with one attached hydrogen (secondary N) is 2. The van der Waals surface area contributed by atoms with Crippen molar-refractivity contribution in [3.8, 4) is 0 Å². The number of benzene rings is 2. The predicted molar refractivity (Wildman–Crippen MR) is 139 cm³/mol. The quantitative estimate of drug-likeness (QED) is 0.399. The highest BCUT2D eigenvalue weighted by Gasteiger charge is 2.23. The van der Waals surface area contributed by atoms with Gasteiger partial charge in [-0.2, -0.15) is 0 Å². The lowest BCUT2D eigenvalue weighted by atomic mass is 9.95. The Morgan fingerprint density at radius 3 is 2.12 bits per heavy atom. The second-order valence-corrected chi connectivity index (χ2v) is 13.2. The van der Waals surface area contributed by atoms with Crippen LogP contribution in [0.15, 0.2) is 62.6 Å². The van der Waals surface area contributed by atoms with Gasteiger partial charge in [-0.3, -0.25) is 9.44 Å². The highest BCUT2D eigenvalue weighted by Crippen LogP contribution is 2.36. The van der Waals surface area contributed by atoms with Crippen LogP contribution in [-0.2, 0) is 26.5 Å². The standard InChI is InChI=1S/C22H21Cl2N3O4S3/c1-27(2)16-7-5-15-11-17(8-6-14(15)10-16)33(28,29)25-20-12-18(23)19(24)13-21(20)26-34(30,31)22-4-3-9-32-22/h3-4,6,8-13,25-26H,5,7H2,1-2H3. The highest BCUT2D eigenvalue weighted by atomic mass is 35.5. The van der Waals surface area contributed by atoms with Gasteiger partial charge in [0.15, 0.2) is 0 Å². The summed E-state index contributed by atoms with van der Waals surface area (Å²) < 4.78 is 56.8. The number of allylic oxidation sites excluding steroid dienone is 1. The van der Waals surface area contributed by atoms with Crippen molar-refractivity contribution in [2.24, 2.45) is 0 Å². The van der Waals surface area contributed by atoms with E-state index in [1.54, 1.807) is 23.6 Å². The molecule has 0 saturated carbocycles. The predicted octanol–water partition coefficient (Wildman–Crippen LogP) is 5.51. The zero-order valence-corrected chi connectivity index (χ0v) is 22.1. The van der Waals surface area contributed by atoms with E-state index in [1.165, 1.54) is 30.0 Å². The number of nitrogens with zero attached hydrogens (tertiary/aromatic N) is 1. The summed E-state index contributed by atoms with van der Waals surface area (Å²) in [4.78, 5) is 2.10. The summed E-state index contributed by atoms with van der Waals surface area (Å²) in [5.74, 6) is 0. The lowest BCUT2D eigenvalue weighted by Crippen LogP contribution is -2.18. The van der Waals surface area contributed by atoms with E-state index in [0.29, 0.717) is 6.42 Å². The van der Waals surface area contributed by atoms with Crippen LogP contribution < -0.4 is 9.44 Å². The maximum absolute atomic E-state index is 13.2. The van der Waals surface area contributed by atoms with Gasteiger partial charge in [0.25, 0.3) is 20.0 Å². The molecule has 0 atom stereocenters. The molecular weight excluding hydrogens is 537 g/mol. The molecule has 4 rings (SSSR count). The Hall–Kier alpha value is -2.24. The Balaban J connectivity index is 1.68. The Kier molecular flexibility index (Phi) is 6.90. The van der Waals surface area contributed by atoms with Gasteiger partial charge < -0.3 is 4.90 Å². The van der Waals surface area contributed by atoms with Gasteiger partial charge in [-0.05, 0) is 65.8 Å². The summed E-state index contributed by atoms with van der Waals surface area (Å²) in [5.41, 5.74) is 2.97. The van der Waals surface area contributed by atoms with Gasteiger partial charge in [0.1, 0.15) is 4.21 Å². The smallest absolute Gasteiger partial charge is 0.271 e. The van der Waals surface area contributed by atoms with Crippen molar-refractivity contribution in [3.05, 3.63) is 74.7 Å². The van der Waals surface area contributed by atoms with Gasteiger partial charge in [0.05, 0.1) is 26.3 Å². The van der Waals surface area contributed by atoms with Crippen LogP contribution in [0.2, 0.25) is 10.0 Å². The summed E-state index contributed by atoms with van der Waals surface area (Å²) in [5, 5.41) is 1.77. The van der Waals surface area contributed by atoms with Crippen LogP contribution in [0.3, 0.4) is 0 Å². The van der Waals surface area contributed by atoms with E-state index in [-0.39, 0.29) is 30.5 Å². The molecule has 0 bridgehead atoms. The van der Waals surface area contributed by atoms with Crippen LogP contribution in [0, 0.1) is 0 Å². The van der Waals surface area contributed by atoms with Crippen LogP contribution in [-0.4, -0.2) is 35.8 Å². The average Bonchev–Trinajstić information content (AvgIpc) is 3.32. The van der Waals surface area contributed by atoms with E-state index in [0.717, 1.165) is 28.9 Å². The van der Waals surface area contributed by atoms with Crippen molar-refractivity contribution in [1.29, 1.82) is 0 Å². The van der Waals surface area contributed by atoms with Gasteiger partial charge in [-0.25, -0.2) is 16.8 Å². The molecule has 0 fully saturated rings. The molecule has 12 heteroatoms. The lowest BCUT2D eigenvalue weighted by Gasteiger charge is -2.23. The number of anilines is 2. The van der Waals surface area contributed by atoms with Crippen LogP contribution in [0.1, 0.15) is 17.5 Å². The minimum absolute atomic E-state index is 0.0390. The summed E-state index contributed by atoms with van der Waals surface area (Å²) in [6.07, 6.45) is 3.55. The Labute approximate surface area is 213 Å². The van der Waals surface area contributed by atoms with E-state index >= 15 is 0 Å². The van der Waals surface area contributed by atoms with Gasteiger partial charge in [-0.15, -0.1) is 11.3 Å². The first-order valence-electron chi connectivity index (χ1n) is 10.1. The zero-order chi connectivity index (χ0) is 24.7. The fourth-order valence-electron chi connectivity index (χ4n) is 3.50. The molecule has 1 aliphatic carbocycles. The fourth-order valence-corrected chi connectivity index (χ4v) is 7.02. The monoisotopic (exact) mass is 557 g/mol. The molecule has 0 radical (unpaired) electrons. The van der Waals surface area contributed by atoms with Crippen LogP contribution >= 0.6 is 34.5 Å². The number of hydrogen-bond acceptors (Lipinski definition) is 6. The molecule has 7 nitrogen and oxygen atoms in total. The molecule has 1 aliphatic rings. The average molecular weight is 559 g/mol. The highest BCUT2D eigenvalue weighted by molar-refractivity contribution is 7.94. The molecule has 3 aromatic rings. The molecule has 1 heterocycles. The van der Waals surface area contributed by atoms with Crippen molar-refractivity contribution < 1.29 is 16.8 Å². The molecule has 0 unspecified atom stereocenters. The third-order valence-electron chi connectivity index (χ3n) is 5.28. The third-order valence-corrected chi connectivity index (χ3v) is 10.1. The summed E-state index contributed by atoms with van der Waals surface area (Å²) in [7, 11) is -4.05. The number of halogens is 2. The largest absolute Gasteiger partial charge is 0.381 e. The maximum Gasteiger partial charge on any atom is 0.271 e. The van der Waals surface area contributed by atoms with E-state index in [2.05, 4.69) is 9.44 Å². The first-order valence-corrected chi connectivity index (χ1v) is 14.7. The second-order valence-electron chi connectivity index (χ2n) is 7.85. The minimum Gasteiger partial charge on any atom is -0.381 e. The first-order chi connectivity index (χ1) is 16.0. The van der Waals surface area contributed by atoms with Gasteiger partial charge in [-0.1, -0.05) is 35.3 Å². The van der Waals surface area contributed by atoms with E-state index in [4.69, 9.17) is 23.2 Å². The number of hydrogen-bond donors (Lipinski definition) is 2. The second kappa shape index (κ2) is 9.43. The summed E-state index contributed by atoms with van der Waals surface area (Å²) in [6.45, 7) is 0. The van der Waals surface area contributed by atoms with Crippen molar-refractivity contribution in [2.75, 3.05) is 23.5 Å². The van der Waals surface area contributed by atoms with Crippen molar-refractivity contribution >= 4 is 72.0 Å². The minimum atomic E-state index is -4.05. The molecule has 0 amide bonds. The molecule has 1 aromatic heterocycles. The molecule has 0 aliphatic heterocycles. The zero-order valence-electron chi connectivity index (χ0n) is 18.2. The number of fused-ring (bicyclic) bond motifs is 1. The van der Waals surface area contributed by atoms with E-state index < -0.39 is 20.0 Å². The summed E-state index contributed by atoms with van der Waals surface area (Å²) in [6, 6.07) is 10.5. The van der Waals surface area contributed by atoms with E-state index in [9.17, 15) is 16.8 Å². The number of aryl methyl sites for hydroxylation is 1. The Morgan fingerprint density at radius 2 is 1.53 bits per heavy atom. The molecule has 0 spiro atoms. The molecule has 0 saturated heterocycles. The fraction of sp³-hybridized carbons (Fsp3) is 0.182. The third kappa shape index (κ3) is 5.21. The van der Waals surface area contributed by atoms with Crippen LogP contribution in [0.5, 0.6) is 0 Å². The molecular formula is C22H21Cl2N3O4S3. The lowest BCUT2D eigenvalue weighted by molar-refractivity contribution is 0.489. The molecule has 34 heavy (non-hydrogen) atoms. The van der Waals surface area contributed by atoms with Crippen LogP contribution in [0.25, 0.3) is 6.08 Å². The van der Waals surface area contributed by atoms with Gasteiger partial charge >= 0.3 is 0 Å². The van der Waals surface area contributed by atoms with Crippen molar-refractivity contribution in [3.63, 3.8) is 0 Å². The SMILES string of the molecule is CN(C)C1=Cc2ccc(S(=O)(=O)Nc3cc(Cl)c(Cl)cc3NS(=O)(=O)c3cccs3)cc2CC1. The van der Waals surface area contributed by atoms with Crippen molar-refractivity contribution in [1.82, 2.24) is 4.90 Å². The molecule has 2 N–H and O–H groups in total. The summed E-state index contributed by atoms with van der Waals surface area (Å²) >= 11 is 13.2. The first kappa shape index (κ1) is 24.9.